The molecule has 1 aliphatic rings. The van der Waals surface area contributed by atoms with Crippen molar-refractivity contribution in [2.45, 2.75) is 19.9 Å². The van der Waals surface area contributed by atoms with Crippen molar-refractivity contribution < 1.29 is 14.3 Å². The Labute approximate surface area is 235 Å². The number of rotatable bonds is 8. The summed E-state index contributed by atoms with van der Waals surface area (Å²) in [6.07, 6.45) is 7.11. The van der Waals surface area contributed by atoms with E-state index >= 15 is 0 Å². The molecule has 40 heavy (non-hydrogen) atoms. The largest absolute Gasteiger partial charge is 0.494 e. The lowest BCUT2D eigenvalue weighted by molar-refractivity contribution is -0.113. The van der Waals surface area contributed by atoms with Gasteiger partial charge in [-0.2, -0.15) is 0 Å². The average molecular weight is 550 g/mol. The second-order valence-electron chi connectivity index (χ2n) is 8.97. The van der Waals surface area contributed by atoms with Crippen LogP contribution in [-0.2, 0) is 4.79 Å². The number of aromatic nitrogens is 1. The van der Waals surface area contributed by atoms with E-state index in [0.29, 0.717) is 44.4 Å². The van der Waals surface area contributed by atoms with Crippen LogP contribution in [0.2, 0.25) is 0 Å². The fourth-order valence-corrected chi connectivity index (χ4v) is 5.58. The first kappa shape index (κ1) is 26.7. The molecule has 1 aliphatic heterocycles. The summed E-state index contributed by atoms with van der Waals surface area (Å²) in [5, 5.41) is 2.96. The molecular formula is C32H27N3O4S. The van der Waals surface area contributed by atoms with Gasteiger partial charge in [0.15, 0.2) is 4.80 Å². The Morgan fingerprint density at radius 1 is 1.07 bits per heavy atom. The van der Waals surface area contributed by atoms with Gasteiger partial charge in [-0.25, -0.2) is 4.99 Å². The molecule has 0 fully saturated rings. The maximum atomic E-state index is 13.9. The van der Waals surface area contributed by atoms with Crippen molar-refractivity contribution in [3.63, 3.8) is 0 Å². The first-order chi connectivity index (χ1) is 19.5. The lowest BCUT2D eigenvalue weighted by Crippen LogP contribution is -2.40. The summed E-state index contributed by atoms with van der Waals surface area (Å²) < 4.78 is 13.2. The summed E-state index contributed by atoms with van der Waals surface area (Å²) in [7, 11) is 0. The minimum absolute atomic E-state index is 0.154. The highest BCUT2D eigenvalue weighted by atomic mass is 32.1. The van der Waals surface area contributed by atoms with Crippen molar-refractivity contribution in [1.29, 1.82) is 0 Å². The number of carbonyl (C=O) groups excluding carboxylic acids is 1. The lowest BCUT2D eigenvalue weighted by Gasteiger charge is -2.25. The molecule has 200 valence electrons. The minimum atomic E-state index is -0.678. The fraction of sp³-hybridized carbons (Fsp3) is 0.156. The van der Waals surface area contributed by atoms with Gasteiger partial charge in [0.05, 0.1) is 28.5 Å². The lowest BCUT2D eigenvalue weighted by atomic mass is 9.95. The maximum absolute atomic E-state index is 13.9. The van der Waals surface area contributed by atoms with Crippen LogP contribution in [0.25, 0.3) is 6.08 Å². The van der Waals surface area contributed by atoms with Crippen LogP contribution in [0.1, 0.15) is 31.0 Å². The molecular weight excluding hydrogens is 522 g/mol. The van der Waals surface area contributed by atoms with E-state index < -0.39 is 6.04 Å². The standard InChI is InChI=1S/C32H27N3O4S/c1-4-18-39-26-13-9-10-22(19-26)20-27-31(37)35-29(23-14-16-25(17-15-23)38-5-2)28(21(3)33-32(35)40-27)30(36)34-24-11-7-6-8-12-24/h1,6-17,19-20,29H,5,18H2,2-3H3,(H,34,36)/b27-20-/t29-/m1/s1. The van der Waals surface area contributed by atoms with Gasteiger partial charge in [-0.3, -0.25) is 14.2 Å². The van der Waals surface area contributed by atoms with Gasteiger partial charge in [0.1, 0.15) is 18.1 Å². The summed E-state index contributed by atoms with van der Waals surface area (Å²) in [5.74, 6) is 3.45. The zero-order valence-corrected chi connectivity index (χ0v) is 22.9. The van der Waals surface area contributed by atoms with E-state index in [4.69, 9.17) is 20.9 Å². The highest BCUT2D eigenvalue weighted by Gasteiger charge is 2.32. The predicted molar refractivity (Wildman–Crippen MR) is 157 cm³/mol. The number of fused-ring (bicyclic) bond motifs is 1. The number of nitrogens with one attached hydrogen (secondary N) is 1. The van der Waals surface area contributed by atoms with Crippen LogP contribution in [0.3, 0.4) is 0 Å². The smallest absolute Gasteiger partial charge is 0.271 e. The van der Waals surface area contributed by atoms with E-state index in [-0.39, 0.29) is 18.1 Å². The number of amides is 1. The molecule has 1 atom stereocenters. The van der Waals surface area contributed by atoms with E-state index in [9.17, 15) is 9.59 Å². The third kappa shape index (κ3) is 5.60. The Morgan fingerprint density at radius 3 is 2.58 bits per heavy atom. The number of terminal acetylenes is 1. The Bertz CT molecular complexity index is 1800. The van der Waals surface area contributed by atoms with E-state index in [1.165, 1.54) is 11.3 Å². The van der Waals surface area contributed by atoms with Crippen molar-refractivity contribution in [1.82, 2.24) is 4.57 Å². The Hall–Kier alpha value is -4.87. The number of anilines is 1. The molecule has 8 heteroatoms. The Morgan fingerprint density at radius 2 is 1.85 bits per heavy atom. The molecule has 0 saturated carbocycles. The van der Waals surface area contributed by atoms with E-state index in [0.717, 1.165) is 11.1 Å². The van der Waals surface area contributed by atoms with Crippen LogP contribution >= 0.6 is 11.3 Å². The SMILES string of the molecule is C#CCOc1cccc(/C=c2\sc3n(c2=O)[C@H](c2ccc(OCC)cc2)C(C(=O)Nc2ccccc2)=C(C)N=3)c1. The normalized spacial score (nSPS) is 14.6. The van der Waals surface area contributed by atoms with E-state index in [1.807, 2.05) is 85.8 Å². The number of thiazole rings is 1. The fourth-order valence-electron chi connectivity index (χ4n) is 4.53. The minimum Gasteiger partial charge on any atom is -0.494 e. The summed E-state index contributed by atoms with van der Waals surface area (Å²) in [4.78, 5) is 32.8. The van der Waals surface area contributed by atoms with Gasteiger partial charge in [-0.05, 0) is 67.4 Å². The van der Waals surface area contributed by atoms with Gasteiger partial charge >= 0.3 is 0 Å². The van der Waals surface area contributed by atoms with Crippen molar-refractivity contribution in [3.8, 4) is 23.8 Å². The van der Waals surface area contributed by atoms with Gasteiger partial charge in [-0.1, -0.05) is 59.7 Å². The van der Waals surface area contributed by atoms with Gasteiger partial charge in [0, 0.05) is 5.69 Å². The third-order valence-electron chi connectivity index (χ3n) is 6.28. The molecule has 1 N–H and O–H groups in total. The number of para-hydroxylation sites is 1. The first-order valence-corrected chi connectivity index (χ1v) is 13.6. The van der Waals surface area contributed by atoms with E-state index in [2.05, 4.69) is 11.2 Å². The van der Waals surface area contributed by atoms with Crippen molar-refractivity contribution in [2.24, 2.45) is 4.99 Å². The average Bonchev–Trinajstić information content (AvgIpc) is 3.26. The maximum Gasteiger partial charge on any atom is 0.271 e. The second-order valence-corrected chi connectivity index (χ2v) is 9.98. The number of carbonyl (C=O) groups is 1. The summed E-state index contributed by atoms with van der Waals surface area (Å²) in [6.45, 7) is 4.40. The summed E-state index contributed by atoms with van der Waals surface area (Å²) >= 11 is 1.28. The zero-order valence-electron chi connectivity index (χ0n) is 22.1. The molecule has 0 aliphatic carbocycles. The number of nitrogens with zero attached hydrogens (tertiary/aromatic N) is 2. The monoisotopic (exact) mass is 549 g/mol. The topological polar surface area (TPSA) is 81.9 Å². The van der Waals surface area contributed by atoms with Crippen LogP contribution in [0.5, 0.6) is 11.5 Å². The molecule has 1 amide bonds. The van der Waals surface area contributed by atoms with Crippen LogP contribution < -0.4 is 29.7 Å². The van der Waals surface area contributed by atoms with E-state index in [1.54, 1.807) is 17.6 Å². The quantitative estimate of drug-likeness (QED) is 0.333. The van der Waals surface area contributed by atoms with Gasteiger partial charge < -0.3 is 14.8 Å². The molecule has 5 rings (SSSR count). The molecule has 2 heterocycles. The van der Waals surface area contributed by atoms with Crippen LogP contribution in [0.4, 0.5) is 5.69 Å². The molecule has 7 nitrogen and oxygen atoms in total. The highest BCUT2D eigenvalue weighted by molar-refractivity contribution is 7.07. The molecule has 0 saturated heterocycles. The third-order valence-corrected chi connectivity index (χ3v) is 7.27. The summed E-state index contributed by atoms with van der Waals surface area (Å²) in [6, 6.07) is 23.3. The van der Waals surface area contributed by atoms with Crippen molar-refractivity contribution >= 4 is 29.0 Å². The van der Waals surface area contributed by atoms with Crippen LogP contribution in [0.15, 0.2) is 99.9 Å². The van der Waals surface area contributed by atoms with Gasteiger partial charge in [0.25, 0.3) is 11.5 Å². The van der Waals surface area contributed by atoms with Crippen LogP contribution in [0, 0.1) is 12.3 Å². The second kappa shape index (κ2) is 11.9. The summed E-state index contributed by atoms with van der Waals surface area (Å²) in [5.41, 5.74) is 2.92. The molecule has 0 unspecified atom stereocenters. The first-order valence-electron chi connectivity index (χ1n) is 12.8. The van der Waals surface area contributed by atoms with Crippen molar-refractivity contribution in [2.75, 3.05) is 18.5 Å². The molecule has 0 spiro atoms. The predicted octanol–water partition coefficient (Wildman–Crippen LogP) is 4.28. The molecule has 0 radical (unpaired) electrons. The number of hydrogen-bond acceptors (Lipinski definition) is 6. The zero-order chi connectivity index (χ0) is 28.1. The Balaban J connectivity index is 1.62. The number of ether oxygens (including phenoxy) is 2. The highest BCUT2D eigenvalue weighted by Crippen LogP contribution is 2.31. The molecule has 3 aromatic carbocycles. The van der Waals surface area contributed by atoms with Crippen molar-refractivity contribution in [3.05, 3.63) is 121 Å². The molecule has 4 aromatic rings. The molecule has 0 bridgehead atoms. The van der Waals surface area contributed by atoms with Crippen LogP contribution in [-0.4, -0.2) is 23.7 Å². The number of benzene rings is 3. The Kier molecular flexibility index (Phi) is 7.94. The van der Waals surface area contributed by atoms with Gasteiger partial charge in [0.2, 0.25) is 0 Å². The molecule has 1 aromatic heterocycles. The number of hydrogen-bond donors (Lipinski definition) is 1. The van der Waals surface area contributed by atoms with Gasteiger partial charge in [-0.15, -0.1) is 6.42 Å². The number of allylic oxidation sites excluding steroid dienone is 1.